The number of aryl methyl sites for hydroxylation is 1. The van der Waals surface area contributed by atoms with Gasteiger partial charge in [-0.15, -0.1) is 5.11 Å². The number of para-hydroxylation sites is 2. The summed E-state index contributed by atoms with van der Waals surface area (Å²) in [5.74, 6) is -0.426. The van der Waals surface area contributed by atoms with E-state index < -0.39 is 67.9 Å². The summed E-state index contributed by atoms with van der Waals surface area (Å²) < 4.78 is 105. The van der Waals surface area contributed by atoms with Gasteiger partial charge in [-0.05, 0) is 61.5 Å². The van der Waals surface area contributed by atoms with E-state index in [0.29, 0.717) is 23.9 Å². The number of benzene rings is 5. The number of nitrogens with zero attached hydrogens (tertiary/aromatic N) is 2. The van der Waals surface area contributed by atoms with E-state index in [-0.39, 0.29) is 75.4 Å². The predicted molar refractivity (Wildman–Crippen MR) is 160 cm³/mol. The van der Waals surface area contributed by atoms with Crippen molar-refractivity contribution in [2.45, 2.75) is 21.6 Å². The molecule has 0 radical (unpaired) electrons. The average molecular weight is 714 g/mol. The molecule has 2 N–H and O–H groups in total. The second-order valence-corrected chi connectivity index (χ2v) is 14.0. The van der Waals surface area contributed by atoms with E-state index in [0.717, 1.165) is 5.56 Å². The maximum Gasteiger partial charge on any atom is 1.00 e. The molecule has 0 aliphatic carbocycles. The Labute approximate surface area is 314 Å². The van der Waals surface area contributed by atoms with Crippen molar-refractivity contribution in [1.82, 2.24) is 0 Å². The molecule has 0 amide bonds. The molecule has 232 valence electrons. The molecule has 0 saturated heterocycles. The fourth-order valence-electron chi connectivity index (χ4n) is 4.23. The number of sulfonamides is 1. The average Bonchev–Trinajstić information content (AvgIpc) is 2.97. The molecule has 0 aliphatic heterocycles. The van der Waals surface area contributed by atoms with E-state index in [1.54, 1.807) is 55.5 Å². The van der Waals surface area contributed by atoms with Gasteiger partial charge in [-0.3, -0.25) is 9.27 Å². The molecule has 0 saturated carbocycles. The smallest absolute Gasteiger partial charge is 0.870 e. The molecule has 0 atom stereocenters. The summed E-state index contributed by atoms with van der Waals surface area (Å²) in [6, 6.07) is 22.1. The minimum absolute atomic E-state index is 0. The number of azo groups is 1. The van der Waals surface area contributed by atoms with Crippen molar-refractivity contribution in [3.8, 4) is 17.2 Å². The predicted octanol–water partition coefficient (Wildman–Crippen LogP) is -0.611. The summed E-state index contributed by atoms with van der Waals surface area (Å²) in [6.45, 7) is 1.71. The largest absolute Gasteiger partial charge is 1.00 e. The molecule has 5 rings (SSSR count). The topological polar surface area (TPSA) is 215 Å². The number of hydrogen-bond acceptors (Lipinski definition) is 11. The molecular weight excluding hydrogens is 693 g/mol. The van der Waals surface area contributed by atoms with Gasteiger partial charge in [0.2, 0.25) is 0 Å². The molecule has 5 aromatic carbocycles. The molecular formula is C29H21N3Na2O10S3. The van der Waals surface area contributed by atoms with Gasteiger partial charge in [0.25, 0.3) is 20.1 Å². The summed E-state index contributed by atoms with van der Waals surface area (Å²) in [7, 11) is -15.1. The quantitative estimate of drug-likeness (QED) is 0.112. The van der Waals surface area contributed by atoms with Crippen LogP contribution in [0.2, 0.25) is 0 Å². The molecule has 13 nitrogen and oxygen atoms in total. The van der Waals surface area contributed by atoms with Crippen molar-refractivity contribution >= 4 is 58.1 Å². The first kappa shape index (κ1) is 38.6. The normalized spacial score (nSPS) is 11.9. The Morgan fingerprint density at radius 2 is 1.34 bits per heavy atom. The Balaban J connectivity index is 0.00000300. The van der Waals surface area contributed by atoms with Crippen molar-refractivity contribution in [1.29, 1.82) is 0 Å². The minimum atomic E-state index is -5.32. The first-order valence-corrected chi connectivity index (χ1v) is 17.0. The van der Waals surface area contributed by atoms with Crippen LogP contribution in [0.15, 0.2) is 122 Å². The van der Waals surface area contributed by atoms with Crippen LogP contribution in [0.5, 0.6) is 17.2 Å². The van der Waals surface area contributed by atoms with Gasteiger partial charge in [0.1, 0.15) is 26.5 Å². The molecule has 18 heteroatoms. The van der Waals surface area contributed by atoms with Gasteiger partial charge in [-0.2, -0.15) is 13.5 Å². The number of rotatable bonds is 9. The summed E-state index contributed by atoms with van der Waals surface area (Å²) in [5.41, 5.74) is -0.577. The molecule has 0 fully saturated rings. The van der Waals surface area contributed by atoms with Crippen LogP contribution < -0.4 is 73.7 Å². The number of ether oxygens (including phenoxy) is 1. The molecule has 47 heavy (non-hydrogen) atoms. The van der Waals surface area contributed by atoms with Crippen molar-refractivity contribution in [2.75, 3.05) is 4.72 Å². The van der Waals surface area contributed by atoms with Gasteiger partial charge in [0.05, 0.1) is 21.2 Å². The monoisotopic (exact) mass is 713 g/mol. The van der Waals surface area contributed by atoms with Crippen molar-refractivity contribution < 1.29 is 103 Å². The van der Waals surface area contributed by atoms with Gasteiger partial charge in [-0.25, -0.2) is 16.8 Å². The van der Waals surface area contributed by atoms with Crippen LogP contribution in [0.1, 0.15) is 5.56 Å². The maximum absolute atomic E-state index is 13.7. The van der Waals surface area contributed by atoms with Gasteiger partial charge in [-0.1, -0.05) is 53.8 Å². The van der Waals surface area contributed by atoms with Crippen LogP contribution in [0, 0.1) is 6.92 Å². The van der Waals surface area contributed by atoms with Crippen LogP contribution in [0.25, 0.3) is 10.8 Å². The van der Waals surface area contributed by atoms with Crippen LogP contribution in [-0.2, 0) is 30.3 Å². The summed E-state index contributed by atoms with van der Waals surface area (Å²) >= 11 is 0. The zero-order chi connectivity index (χ0) is 32.6. The Bertz CT molecular complexity index is 2300. The van der Waals surface area contributed by atoms with E-state index in [1.165, 1.54) is 30.3 Å². The van der Waals surface area contributed by atoms with Crippen molar-refractivity contribution in [3.05, 3.63) is 103 Å². The van der Waals surface area contributed by atoms with E-state index in [2.05, 4.69) is 15.0 Å². The molecule has 0 aliphatic rings. The molecule has 5 aromatic rings. The Hall–Kier alpha value is -2.87. The molecule has 0 bridgehead atoms. The number of hydrogen-bond donors (Lipinski definition) is 2. The van der Waals surface area contributed by atoms with E-state index >= 15 is 0 Å². The summed E-state index contributed by atoms with van der Waals surface area (Å²) in [5, 5.41) is 20.2. The maximum atomic E-state index is 13.7. The molecule has 0 heterocycles. The summed E-state index contributed by atoms with van der Waals surface area (Å²) in [6.07, 6.45) is 0. The molecule has 0 spiro atoms. The Morgan fingerprint density at radius 1 is 0.745 bits per heavy atom. The van der Waals surface area contributed by atoms with Crippen LogP contribution >= 0.6 is 0 Å². The zero-order valence-corrected chi connectivity index (χ0v) is 31.4. The fourth-order valence-corrected chi connectivity index (χ4v) is 6.52. The van der Waals surface area contributed by atoms with E-state index in [1.807, 2.05) is 0 Å². The van der Waals surface area contributed by atoms with Crippen LogP contribution in [0.4, 0.5) is 17.1 Å². The second kappa shape index (κ2) is 15.1. The van der Waals surface area contributed by atoms with Gasteiger partial charge < -0.3 is 14.4 Å². The Morgan fingerprint density at radius 3 is 1.96 bits per heavy atom. The SMILES string of the molecule is Cc1ccc(S(=O)(=O)Nc2cc(S(=O)(=O)[O-])cc3c(S(=O)(=O)O)cc(N=Nc4ccccc4Oc4ccccc4)c([O-])c23)cc1.[Na+].[Na+]. The number of anilines is 1. The van der Waals surface area contributed by atoms with E-state index in [4.69, 9.17) is 4.74 Å². The third-order valence-corrected chi connectivity index (χ3v) is 9.44. The fraction of sp³-hybridized carbons (Fsp3) is 0.0345. The van der Waals surface area contributed by atoms with Crippen molar-refractivity contribution in [2.24, 2.45) is 10.2 Å². The van der Waals surface area contributed by atoms with Crippen molar-refractivity contribution in [3.63, 3.8) is 0 Å². The summed E-state index contributed by atoms with van der Waals surface area (Å²) in [4.78, 5) is -2.38. The first-order chi connectivity index (χ1) is 21.1. The first-order valence-electron chi connectivity index (χ1n) is 12.7. The third kappa shape index (κ3) is 8.98. The Kier molecular flexibility index (Phi) is 12.4. The number of nitrogens with one attached hydrogen (secondary N) is 1. The van der Waals surface area contributed by atoms with Gasteiger partial charge in [0, 0.05) is 10.8 Å². The van der Waals surface area contributed by atoms with E-state index in [9.17, 15) is 39.5 Å². The van der Waals surface area contributed by atoms with Crippen LogP contribution in [-0.4, -0.2) is 34.4 Å². The molecule has 0 unspecified atom stereocenters. The minimum Gasteiger partial charge on any atom is -0.870 e. The second-order valence-electron chi connectivity index (χ2n) is 9.55. The third-order valence-electron chi connectivity index (χ3n) is 6.35. The van der Waals surface area contributed by atoms with Crippen LogP contribution in [0.3, 0.4) is 0 Å². The van der Waals surface area contributed by atoms with Gasteiger partial charge >= 0.3 is 59.1 Å². The van der Waals surface area contributed by atoms with Gasteiger partial charge in [0.15, 0.2) is 5.75 Å². The zero-order valence-electron chi connectivity index (χ0n) is 25.0. The standard InChI is InChI=1S/C29H23N3O10S3.2Na/c1-18-11-13-20(14-12-18)43(34,35)32-24-16-21(44(36,37)38)15-22-27(45(39,40)41)17-25(29(33)28(22)24)31-30-23-9-5-6-10-26(23)42-19-7-3-2-4-8-19;;/h2-17,32-33H,1H3,(H,36,37,38)(H,39,40,41);;/q;2*+1/p-2. The molecule has 0 aromatic heterocycles. The number of fused-ring (bicyclic) bond motifs is 1.